The summed E-state index contributed by atoms with van der Waals surface area (Å²) in [5.74, 6) is 0.987. The van der Waals surface area contributed by atoms with Crippen LogP contribution in [0.4, 0.5) is 5.69 Å². The Kier molecular flexibility index (Phi) is 4.94. The van der Waals surface area contributed by atoms with Crippen LogP contribution < -0.4 is 11.1 Å². The molecule has 0 unspecified atom stereocenters. The molecule has 0 fully saturated rings. The smallest absolute Gasteiger partial charge is 0.246 e. The Morgan fingerprint density at radius 1 is 1.30 bits per heavy atom. The van der Waals surface area contributed by atoms with Crippen LogP contribution in [0.15, 0.2) is 51.2 Å². The maximum atomic E-state index is 10.9. The van der Waals surface area contributed by atoms with Crippen LogP contribution in [0.25, 0.3) is 10.7 Å². The summed E-state index contributed by atoms with van der Waals surface area (Å²) in [4.78, 5) is 17.2. The number of anilines is 1. The monoisotopic (exact) mass is 346 g/mol. The van der Waals surface area contributed by atoms with Gasteiger partial charge in [0, 0.05) is 10.6 Å². The SMILES string of the molecule is NC(=O)CSc1ccccc1NCc1nc(-c2cccs2)no1. The number of carbonyl (C=O) groups is 1. The Balaban J connectivity index is 1.65. The molecule has 2 heterocycles. The molecular weight excluding hydrogens is 332 g/mol. The van der Waals surface area contributed by atoms with Gasteiger partial charge in [-0.1, -0.05) is 23.4 Å². The van der Waals surface area contributed by atoms with Gasteiger partial charge in [-0.15, -0.1) is 23.1 Å². The molecule has 0 aliphatic carbocycles. The van der Waals surface area contributed by atoms with Crippen molar-refractivity contribution < 1.29 is 9.32 Å². The van der Waals surface area contributed by atoms with Crippen LogP contribution in [0.5, 0.6) is 0 Å². The van der Waals surface area contributed by atoms with Crippen molar-refractivity contribution in [2.24, 2.45) is 5.73 Å². The third-order valence-corrected chi connectivity index (χ3v) is 4.86. The van der Waals surface area contributed by atoms with Crippen molar-refractivity contribution in [3.05, 3.63) is 47.7 Å². The average Bonchev–Trinajstić information content (AvgIpc) is 3.22. The van der Waals surface area contributed by atoms with Crippen molar-refractivity contribution in [3.63, 3.8) is 0 Å². The Hall–Kier alpha value is -2.32. The average molecular weight is 346 g/mol. The first-order valence-corrected chi connectivity index (χ1v) is 8.69. The van der Waals surface area contributed by atoms with E-state index in [1.165, 1.54) is 11.8 Å². The lowest BCUT2D eigenvalue weighted by Gasteiger charge is -2.09. The zero-order chi connectivity index (χ0) is 16.1. The number of nitrogens with two attached hydrogens (primary N) is 1. The van der Waals surface area contributed by atoms with Gasteiger partial charge < -0.3 is 15.6 Å². The molecule has 2 aromatic heterocycles. The molecule has 118 valence electrons. The van der Waals surface area contributed by atoms with Crippen molar-refractivity contribution in [2.45, 2.75) is 11.4 Å². The largest absolute Gasteiger partial charge is 0.375 e. The zero-order valence-corrected chi connectivity index (χ0v) is 13.7. The van der Waals surface area contributed by atoms with E-state index < -0.39 is 0 Å². The quantitative estimate of drug-likeness (QED) is 0.639. The fourth-order valence-electron chi connectivity index (χ4n) is 1.89. The highest BCUT2D eigenvalue weighted by molar-refractivity contribution is 8.00. The summed E-state index contributed by atoms with van der Waals surface area (Å²) in [6.45, 7) is 0.409. The minimum atomic E-state index is -0.345. The molecule has 6 nitrogen and oxygen atoms in total. The van der Waals surface area contributed by atoms with Gasteiger partial charge in [-0.2, -0.15) is 4.98 Å². The number of amides is 1. The van der Waals surface area contributed by atoms with Crippen LogP contribution in [0, 0.1) is 0 Å². The third-order valence-electron chi connectivity index (χ3n) is 2.90. The molecule has 8 heteroatoms. The molecule has 0 saturated carbocycles. The van der Waals surface area contributed by atoms with Gasteiger partial charge in [0.1, 0.15) is 0 Å². The number of benzene rings is 1. The molecule has 0 radical (unpaired) electrons. The van der Waals surface area contributed by atoms with E-state index >= 15 is 0 Å². The van der Waals surface area contributed by atoms with Gasteiger partial charge in [0.05, 0.1) is 17.2 Å². The molecule has 3 aromatic rings. The topological polar surface area (TPSA) is 94.0 Å². The summed E-state index contributed by atoms with van der Waals surface area (Å²) in [7, 11) is 0. The van der Waals surface area contributed by atoms with Crippen molar-refractivity contribution in [1.29, 1.82) is 0 Å². The first-order valence-electron chi connectivity index (χ1n) is 6.83. The maximum absolute atomic E-state index is 10.9. The number of thioether (sulfide) groups is 1. The van der Waals surface area contributed by atoms with E-state index in [2.05, 4.69) is 15.5 Å². The molecule has 0 bridgehead atoms. The Labute approximate surface area is 141 Å². The minimum absolute atomic E-state index is 0.238. The van der Waals surface area contributed by atoms with E-state index in [1.54, 1.807) is 11.3 Å². The number of nitrogens with zero attached hydrogens (tertiary/aromatic N) is 2. The molecule has 1 aromatic carbocycles. The summed E-state index contributed by atoms with van der Waals surface area (Å²) in [5.41, 5.74) is 6.09. The molecule has 0 aliphatic rings. The van der Waals surface area contributed by atoms with Gasteiger partial charge in [-0.25, -0.2) is 0 Å². The summed E-state index contributed by atoms with van der Waals surface area (Å²) >= 11 is 2.95. The number of carbonyl (C=O) groups excluding carboxylic acids is 1. The van der Waals surface area contributed by atoms with Crippen molar-refractivity contribution in [1.82, 2.24) is 10.1 Å². The van der Waals surface area contributed by atoms with Gasteiger partial charge in [0.2, 0.25) is 17.6 Å². The Morgan fingerprint density at radius 2 is 2.17 bits per heavy atom. The molecule has 23 heavy (non-hydrogen) atoms. The number of hydrogen-bond acceptors (Lipinski definition) is 7. The lowest BCUT2D eigenvalue weighted by molar-refractivity contribution is -0.115. The second kappa shape index (κ2) is 7.30. The molecule has 3 rings (SSSR count). The third kappa shape index (κ3) is 4.11. The van der Waals surface area contributed by atoms with Crippen LogP contribution in [0.2, 0.25) is 0 Å². The number of hydrogen-bond donors (Lipinski definition) is 2. The molecular formula is C15H14N4O2S2. The molecule has 1 amide bonds. The van der Waals surface area contributed by atoms with E-state index in [4.69, 9.17) is 10.3 Å². The van der Waals surface area contributed by atoms with Crippen LogP contribution in [-0.2, 0) is 11.3 Å². The number of primary amides is 1. The molecule has 0 saturated heterocycles. The fourth-order valence-corrected chi connectivity index (χ4v) is 3.31. The second-order valence-corrected chi connectivity index (χ2v) is 6.56. The number of aromatic nitrogens is 2. The van der Waals surface area contributed by atoms with Gasteiger partial charge in [-0.3, -0.25) is 4.79 Å². The summed E-state index contributed by atoms with van der Waals surface area (Å²) < 4.78 is 5.25. The lowest BCUT2D eigenvalue weighted by atomic mass is 10.3. The van der Waals surface area contributed by atoms with Crippen molar-refractivity contribution >= 4 is 34.7 Å². The lowest BCUT2D eigenvalue weighted by Crippen LogP contribution is -2.13. The van der Waals surface area contributed by atoms with Gasteiger partial charge in [0.25, 0.3) is 0 Å². The van der Waals surface area contributed by atoms with Crippen LogP contribution in [0.3, 0.4) is 0 Å². The van der Waals surface area contributed by atoms with Crippen molar-refractivity contribution in [2.75, 3.05) is 11.1 Å². The van der Waals surface area contributed by atoms with E-state index in [9.17, 15) is 4.79 Å². The molecule has 3 N–H and O–H groups in total. The summed E-state index contributed by atoms with van der Waals surface area (Å²) in [6.07, 6.45) is 0. The second-order valence-electron chi connectivity index (χ2n) is 4.59. The van der Waals surface area contributed by atoms with E-state index in [1.807, 2.05) is 41.8 Å². The maximum Gasteiger partial charge on any atom is 0.246 e. The normalized spacial score (nSPS) is 10.6. The van der Waals surface area contributed by atoms with E-state index in [0.29, 0.717) is 18.3 Å². The highest BCUT2D eigenvalue weighted by Crippen LogP contribution is 2.27. The number of para-hydroxylation sites is 1. The van der Waals surface area contributed by atoms with E-state index in [0.717, 1.165) is 15.5 Å². The fraction of sp³-hybridized carbons (Fsp3) is 0.133. The minimum Gasteiger partial charge on any atom is -0.375 e. The van der Waals surface area contributed by atoms with Crippen molar-refractivity contribution in [3.8, 4) is 10.7 Å². The van der Waals surface area contributed by atoms with Gasteiger partial charge >= 0.3 is 0 Å². The van der Waals surface area contributed by atoms with Crippen LogP contribution in [0.1, 0.15) is 5.89 Å². The number of thiophene rings is 1. The molecule has 0 atom stereocenters. The number of nitrogens with one attached hydrogen (secondary N) is 1. The zero-order valence-electron chi connectivity index (χ0n) is 12.1. The highest BCUT2D eigenvalue weighted by Gasteiger charge is 2.10. The first kappa shape index (κ1) is 15.6. The standard InChI is InChI=1S/C15H14N4O2S2/c16-13(20)9-23-11-5-2-1-4-10(11)17-8-14-18-15(19-21-14)12-6-3-7-22-12/h1-7,17H,8-9H2,(H2,16,20). The van der Waals surface area contributed by atoms with Crippen LogP contribution >= 0.6 is 23.1 Å². The Morgan fingerprint density at radius 3 is 2.96 bits per heavy atom. The molecule has 0 spiro atoms. The highest BCUT2D eigenvalue weighted by atomic mass is 32.2. The predicted molar refractivity (Wildman–Crippen MR) is 91.3 cm³/mol. The predicted octanol–water partition coefficient (Wildman–Crippen LogP) is 2.99. The van der Waals surface area contributed by atoms with Gasteiger partial charge in [-0.05, 0) is 23.6 Å². The molecule has 0 aliphatic heterocycles. The van der Waals surface area contributed by atoms with Gasteiger partial charge in [0.15, 0.2) is 0 Å². The number of rotatable bonds is 7. The summed E-state index contributed by atoms with van der Waals surface area (Å²) in [5, 5.41) is 9.18. The van der Waals surface area contributed by atoms with Crippen LogP contribution in [-0.4, -0.2) is 21.8 Å². The Bertz CT molecular complexity index is 786. The summed E-state index contributed by atoms with van der Waals surface area (Å²) in [6, 6.07) is 11.6. The van der Waals surface area contributed by atoms with E-state index in [-0.39, 0.29) is 11.7 Å². The first-order chi connectivity index (χ1) is 11.2.